The van der Waals surface area contributed by atoms with Crippen molar-refractivity contribution < 1.29 is 28.5 Å². The third kappa shape index (κ3) is 5.07. The second-order valence-electron chi connectivity index (χ2n) is 7.63. The van der Waals surface area contributed by atoms with Crippen molar-refractivity contribution in [2.75, 3.05) is 59.6 Å². The van der Waals surface area contributed by atoms with Crippen LogP contribution in [0.25, 0.3) is 0 Å². The van der Waals surface area contributed by atoms with E-state index in [0.29, 0.717) is 27.9 Å². The molecule has 0 aliphatic carbocycles. The summed E-state index contributed by atoms with van der Waals surface area (Å²) in [6, 6.07) is 9.32. The van der Waals surface area contributed by atoms with Crippen LogP contribution in [-0.4, -0.2) is 75.2 Å². The smallest absolute Gasteiger partial charge is 0.340 e. The molecule has 9 nitrogen and oxygen atoms in total. The second kappa shape index (κ2) is 10.1. The molecule has 0 aromatic heterocycles. The summed E-state index contributed by atoms with van der Waals surface area (Å²) in [7, 11) is 4.39. The van der Waals surface area contributed by atoms with E-state index in [2.05, 4.69) is 21.2 Å². The predicted molar refractivity (Wildman–Crippen MR) is 127 cm³/mol. The summed E-state index contributed by atoms with van der Waals surface area (Å²) in [5.41, 5.74) is 2.01. The minimum absolute atomic E-state index is 0.277. The molecule has 2 aliphatic heterocycles. The van der Waals surface area contributed by atoms with E-state index in [1.54, 1.807) is 12.1 Å². The minimum atomic E-state index is -0.491. The number of fused-ring (bicyclic) bond motifs is 1. The molecule has 1 saturated heterocycles. The van der Waals surface area contributed by atoms with Crippen LogP contribution in [-0.2, 0) is 11.3 Å². The van der Waals surface area contributed by atoms with Crippen molar-refractivity contribution in [1.29, 1.82) is 0 Å². The third-order valence-corrected chi connectivity index (χ3v) is 6.03. The Morgan fingerprint density at radius 1 is 1.00 bits per heavy atom. The first-order chi connectivity index (χ1) is 16.0. The molecule has 2 aliphatic rings. The van der Waals surface area contributed by atoms with Crippen LogP contribution in [0, 0.1) is 0 Å². The van der Waals surface area contributed by atoms with Gasteiger partial charge in [0.1, 0.15) is 0 Å². The number of piperazine rings is 1. The van der Waals surface area contributed by atoms with Gasteiger partial charge in [-0.2, -0.15) is 0 Å². The molecule has 0 radical (unpaired) electrons. The molecule has 0 amide bonds. The molecule has 1 fully saturated rings. The fourth-order valence-electron chi connectivity index (χ4n) is 3.86. The van der Waals surface area contributed by atoms with Crippen LogP contribution in [0.5, 0.6) is 23.0 Å². The first kappa shape index (κ1) is 22.9. The van der Waals surface area contributed by atoms with E-state index in [0.717, 1.165) is 44.2 Å². The lowest BCUT2D eigenvalue weighted by atomic mass is 10.1. The van der Waals surface area contributed by atoms with E-state index >= 15 is 0 Å². The van der Waals surface area contributed by atoms with Crippen molar-refractivity contribution in [2.45, 2.75) is 6.54 Å². The number of hydrogen-bond acceptors (Lipinski definition) is 8. The zero-order chi connectivity index (χ0) is 23.4. The number of ether oxygens (including phenoxy) is 5. The van der Waals surface area contributed by atoms with Gasteiger partial charge in [0.25, 0.3) is 0 Å². The predicted octanol–water partition coefficient (Wildman–Crippen LogP) is 2.73. The van der Waals surface area contributed by atoms with Crippen LogP contribution < -0.4 is 24.3 Å². The summed E-state index contributed by atoms with van der Waals surface area (Å²) in [6.45, 7) is 4.33. The molecule has 0 spiro atoms. The monoisotopic (exact) mass is 473 g/mol. The Hall–Kier alpha value is -3.24. The number of nitrogens with one attached hydrogen (secondary N) is 1. The van der Waals surface area contributed by atoms with Gasteiger partial charge in [-0.05, 0) is 29.9 Å². The van der Waals surface area contributed by atoms with Crippen LogP contribution in [0.1, 0.15) is 15.9 Å². The molecule has 33 heavy (non-hydrogen) atoms. The van der Waals surface area contributed by atoms with E-state index in [1.807, 2.05) is 12.1 Å². The van der Waals surface area contributed by atoms with Crippen molar-refractivity contribution in [3.8, 4) is 23.0 Å². The van der Waals surface area contributed by atoms with Crippen molar-refractivity contribution in [1.82, 2.24) is 9.80 Å². The number of benzene rings is 2. The van der Waals surface area contributed by atoms with Crippen LogP contribution in [0.4, 0.5) is 5.69 Å². The summed E-state index contributed by atoms with van der Waals surface area (Å²) in [6.07, 6.45) is 0. The van der Waals surface area contributed by atoms with Gasteiger partial charge < -0.3 is 33.9 Å². The van der Waals surface area contributed by atoms with E-state index in [-0.39, 0.29) is 6.79 Å². The number of carbonyl (C=O) groups excluding carboxylic acids is 1. The second-order valence-corrected chi connectivity index (χ2v) is 8.01. The molecule has 10 heteroatoms. The Labute approximate surface area is 198 Å². The number of rotatable bonds is 6. The maximum absolute atomic E-state index is 12.3. The van der Waals surface area contributed by atoms with Gasteiger partial charge in [0.05, 0.1) is 32.6 Å². The molecule has 4 rings (SSSR count). The highest BCUT2D eigenvalue weighted by atomic mass is 32.1. The van der Waals surface area contributed by atoms with E-state index in [4.69, 9.17) is 35.9 Å². The average molecular weight is 474 g/mol. The van der Waals surface area contributed by atoms with Gasteiger partial charge >= 0.3 is 5.97 Å². The third-order valence-electron chi connectivity index (χ3n) is 5.67. The highest BCUT2D eigenvalue weighted by molar-refractivity contribution is 7.80. The molecular formula is C23H27N3O6S. The molecule has 0 atom stereocenters. The van der Waals surface area contributed by atoms with Gasteiger partial charge in [-0.15, -0.1) is 0 Å². The van der Waals surface area contributed by atoms with Crippen molar-refractivity contribution in [2.24, 2.45) is 0 Å². The van der Waals surface area contributed by atoms with Crippen molar-refractivity contribution >= 4 is 29.0 Å². The summed E-state index contributed by atoms with van der Waals surface area (Å²) in [5.74, 6) is 2.03. The Morgan fingerprint density at radius 3 is 2.39 bits per heavy atom. The summed E-state index contributed by atoms with van der Waals surface area (Å²) in [5, 5.41) is 3.72. The fourth-order valence-corrected chi connectivity index (χ4v) is 4.15. The first-order valence-corrected chi connectivity index (χ1v) is 10.9. The van der Waals surface area contributed by atoms with E-state index < -0.39 is 5.97 Å². The Balaban J connectivity index is 1.38. The van der Waals surface area contributed by atoms with Crippen LogP contribution >= 0.6 is 12.2 Å². The quantitative estimate of drug-likeness (QED) is 0.500. The largest absolute Gasteiger partial charge is 0.493 e. The molecule has 0 saturated carbocycles. The fraction of sp³-hybridized carbons (Fsp3) is 0.391. The minimum Gasteiger partial charge on any atom is -0.493 e. The maximum atomic E-state index is 12.3. The zero-order valence-electron chi connectivity index (χ0n) is 18.9. The summed E-state index contributed by atoms with van der Waals surface area (Å²) < 4.78 is 26.5. The van der Waals surface area contributed by atoms with Crippen LogP contribution in [0.2, 0.25) is 0 Å². The number of methoxy groups -OCH3 is 3. The molecule has 0 bridgehead atoms. The van der Waals surface area contributed by atoms with E-state index in [1.165, 1.54) is 26.9 Å². The van der Waals surface area contributed by atoms with Gasteiger partial charge in [0, 0.05) is 44.9 Å². The number of hydrogen-bond donors (Lipinski definition) is 1. The number of nitrogens with zero attached hydrogens (tertiary/aromatic N) is 2. The standard InChI is InChI=1S/C23H27N3O6S/c1-28-19-11-16(22(27)30-3)17(12-20(19)29-2)24-23(33)26-8-6-25(7-9-26)13-15-4-5-18-21(10-15)32-14-31-18/h4-5,10-12H,6-9,13-14H2,1-3H3,(H,24,33). The molecule has 1 N–H and O–H groups in total. The number of esters is 1. The van der Waals surface area contributed by atoms with Gasteiger partial charge in [-0.1, -0.05) is 6.07 Å². The Bertz CT molecular complexity index is 1040. The lowest BCUT2D eigenvalue weighted by Crippen LogP contribution is -2.49. The highest BCUT2D eigenvalue weighted by Crippen LogP contribution is 2.34. The molecule has 2 heterocycles. The average Bonchev–Trinajstić information content (AvgIpc) is 3.31. The number of carbonyl (C=O) groups is 1. The Kier molecular flexibility index (Phi) is 7.05. The van der Waals surface area contributed by atoms with Gasteiger partial charge in [-0.25, -0.2) is 4.79 Å². The van der Waals surface area contributed by atoms with Crippen molar-refractivity contribution in [3.05, 3.63) is 41.5 Å². The number of anilines is 1. The van der Waals surface area contributed by atoms with Gasteiger partial charge in [0.2, 0.25) is 6.79 Å². The lowest BCUT2D eigenvalue weighted by molar-refractivity contribution is 0.0601. The lowest BCUT2D eigenvalue weighted by Gasteiger charge is -2.36. The molecular weight excluding hydrogens is 446 g/mol. The SMILES string of the molecule is COC(=O)c1cc(OC)c(OC)cc1NC(=S)N1CCN(Cc2ccc3c(c2)OCO3)CC1. The van der Waals surface area contributed by atoms with Gasteiger partial charge in [0.15, 0.2) is 28.1 Å². The first-order valence-electron chi connectivity index (χ1n) is 10.5. The maximum Gasteiger partial charge on any atom is 0.340 e. The van der Waals surface area contributed by atoms with Crippen LogP contribution in [0.3, 0.4) is 0 Å². The van der Waals surface area contributed by atoms with E-state index in [9.17, 15) is 4.79 Å². The summed E-state index contributed by atoms with van der Waals surface area (Å²) >= 11 is 5.64. The topological polar surface area (TPSA) is 81.7 Å². The Morgan fingerprint density at radius 2 is 1.70 bits per heavy atom. The van der Waals surface area contributed by atoms with Crippen molar-refractivity contribution in [3.63, 3.8) is 0 Å². The molecule has 2 aromatic carbocycles. The molecule has 2 aromatic rings. The molecule has 0 unspecified atom stereocenters. The normalized spacial score (nSPS) is 15.2. The zero-order valence-corrected chi connectivity index (χ0v) is 19.7. The number of thiocarbonyl (C=S) groups is 1. The summed E-state index contributed by atoms with van der Waals surface area (Å²) in [4.78, 5) is 16.8. The molecule has 176 valence electrons. The van der Waals surface area contributed by atoms with Gasteiger partial charge in [-0.3, -0.25) is 4.90 Å². The van der Waals surface area contributed by atoms with Crippen LogP contribution in [0.15, 0.2) is 30.3 Å². The highest BCUT2D eigenvalue weighted by Gasteiger charge is 2.23.